The minimum atomic E-state index is -0.512. The molecule has 4 aromatic rings. The molecule has 8 heteroatoms. The maximum absolute atomic E-state index is 13.1. The normalized spacial score (nSPS) is 12.0. The van der Waals surface area contributed by atoms with Crippen LogP contribution in [0.15, 0.2) is 53.3 Å². The van der Waals surface area contributed by atoms with Gasteiger partial charge in [0.05, 0.1) is 5.69 Å². The molecule has 1 unspecified atom stereocenters. The number of benzene rings is 2. The zero-order valence-corrected chi connectivity index (χ0v) is 19.4. The molecular weight excluding hydrogens is 416 g/mol. The van der Waals surface area contributed by atoms with Gasteiger partial charge in [0.2, 0.25) is 5.82 Å². The van der Waals surface area contributed by atoms with Crippen molar-refractivity contribution in [2.45, 2.75) is 53.1 Å². The first-order valence-corrected chi connectivity index (χ1v) is 11.1. The minimum absolute atomic E-state index is 0.0353. The number of ether oxygens (including phenoxy) is 1. The zero-order valence-electron chi connectivity index (χ0n) is 19.4. The van der Waals surface area contributed by atoms with Gasteiger partial charge in [-0.25, -0.2) is 4.98 Å². The second-order valence-corrected chi connectivity index (χ2v) is 8.10. The van der Waals surface area contributed by atoms with Crippen molar-refractivity contribution in [1.29, 1.82) is 0 Å². The van der Waals surface area contributed by atoms with Gasteiger partial charge in [0.25, 0.3) is 5.56 Å². The molecule has 2 heterocycles. The van der Waals surface area contributed by atoms with Gasteiger partial charge in [0, 0.05) is 23.2 Å². The third-order valence-electron chi connectivity index (χ3n) is 5.79. The Hall–Kier alpha value is -3.81. The highest BCUT2D eigenvalue weighted by Crippen LogP contribution is 2.28. The molecule has 1 N–H and O–H groups in total. The molecule has 33 heavy (non-hydrogen) atoms. The molecule has 0 radical (unpaired) electrons. The van der Waals surface area contributed by atoms with Gasteiger partial charge in [-0.05, 0) is 57.0 Å². The van der Waals surface area contributed by atoms with Crippen molar-refractivity contribution >= 4 is 0 Å². The third-order valence-corrected chi connectivity index (χ3v) is 5.79. The second-order valence-electron chi connectivity index (χ2n) is 8.10. The van der Waals surface area contributed by atoms with Crippen molar-refractivity contribution < 1.29 is 4.74 Å². The molecule has 4 rings (SSSR count). The summed E-state index contributed by atoms with van der Waals surface area (Å²) in [5, 5.41) is 14.5. The van der Waals surface area contributed by atoms with Gasteiger partial charge in [0.15, 0.2) is 6.10 Å². The van der Waals surface area contributed by atoms with Crippen molar-refractivity contribution in [2.75, 3.05) is 0 Å². The van der Waals surface area contributed by atoms with E-state index in [0.29, 0.717) is 17.1 Å². The van der Waals surface area contributed by atoms with Crippen LogP contribution >= 0.6 is 0 Å². The van der Waals surface area contributed by atoms with Gasteiger partial charge in [-0.2, -0.15) is 5.21 Å². The van der Waals surface area contributed by atoms with Gasteiger partial charge in [-0.1, -0.05) is 42.8 Å². The van der Waals surface area contributed by atoms with Crippen LogP contribution in [-0.4, -0.2) is 30.2 Å². The van der Waals surface area contributed by atoms with Gasteiger partial charge in [0.1, 0.15) is 11.6 Å². The number of aromatic nitrogens is 6. The monoisotopic (exact) mass is 444 g/mol. The number of aromatic amines is 1. The van der Waals surface area contributed by atoms with E-state index in [4.69, 9.17) is 9.72 Å². The summed E-state index contributed by atoms with van der Waals surface area (Å²) in [6, 6.07) is 15.4. The van der Waals surface area contributed by atoms with Crippen LogP contribution in [0.4, 0.5) is 0 Å². The Kier molecular flexibility index (Phi) is 6.63. The first-order chi connectivity index (χ1) is 16.0. The average molecular weight is 445 g/mol. The average Bonchev–Trinajstić information content (AvgIpc) is 3.36. The van der Waals surface area contributed by atoms with Crippen LogP contribution in [0.1, 0.15) is 59.9 Å². The fourth-order valence-electron chi connectivity index (χ4n) is 3.76. The molecule has 170 valence electrons. The van der Waals surface area contributed by atoms with E-state index in [1.165, 1.54) is 0 Å². The Morgan fingerprint density at radius 2 is 1.82 bits per heavy atom. The number of aryl methyl sites for hydroxylation is 3. The van der Waals surface area contributed by atoms with E-state index in [0.717, 1.165) is 47.6 Å². The van der Waals surface area contributed by atoms with Crippen molar-refractivity contribution in [2.24, 2.45) is 0 Å². The molecule has 0 bridgehead atoms. The third kappa shape index (κ3) is 4.69. The Morgan fingerprint density at radius 1 is 1.06 bits per heavy atom. The molecule has 0 spiro atoms. The maximum atomic E-state index is 13.1. The highest BCUT2D eigenvalue weighted by molar-refractivity contribution is 5.40. The molecule has 0 saturated heterocycles. The van der Waals surface area contributed by atoms with E-state index >= 15 is 0 Å². The molecule has 0 saturated carbocycles. The lowest BCUT2D eigenvalue weighted by Gasteiger charge is -2.19. The van der Waals surface area contributed by atoms with Crippen LogP contribution in [0, 0.1) is 20.8 Å². The number of rotatable bonds is 8. The van der Waals surface area contributed by atoms with E-state index in [1.54, 1.807) is 4.57 Å². The summed E-state index contributed by atoms with van der Waals surface area (Å²) >= 11 is 0. The van der Waals surface area contributed by atoms with Gasteiger partial charge < -0.3 is 4.74 Å². The Morgan fingerprint density at radius 3 is 2.48 bits per heavy atom. The summed E-state index contributed by atoms with van der Waals surface area (Å²) in [6.45, 7) is 7.85. The molecule has 1 atom stereocenters. The van der Waals surface area contributed by atoms with Gasteiger partial charge >= 0.3 is 0 Å². The number of H-pyrrole nitrogens is 1. The standard InChI is InChI=1S/C25H28N6O2/c1-5-6-11-22-26-18(4)17(3)25(32)31(22)19-12-14-20(15-13-19)33-23(24-27-29-30-28-24)21-10-8-7-9-16(21)2/h7-10,12-15,23H,5-6,11H2,1-4H3,(H,27,28,29,30). The Bertz CT molecular complexity index is 1280. The summed E-state index contributed by atoms with van der Waals surface area (Å²) in [4.78, 5) is 17.8. The molecule has 2 aromatic carbocycles. The molecule has 0 aliphatic heterocycles. The smallest absolute Gasteiger partial charge is 0.261 e. The predicted octanol–water partition coefficient (Wildman–Crippen LogP) is 4.18. The second kappa shape index (κ2) is 9.77. The van der Waals surface area contributed by atoms with Gasteiger partial charge in [-0.15, -0.1) is 10.2 Å². The SMILES string of the molecule is CCCCc1nc(C)c(C)c(=O)n1-c1ccc(OC(c2nn[nH]n2)c2ccccc2C)cc1. The molecule has 2 aromatic heterocycles. The number of hydrogen-bond acceptors (Lipinski definition) is 6. The highest BCUT2D eigenvalue weighted by atomic mass is 16.5. The predicted molar refractivity (Wildman–Crippen MR) is 126 cm³/mol. The van der Waals surface area contributed by atoms with Crippen molar-refractivity contribution in [3.05, 3.63) is 92.9 Å². The molecular formula is C25H28N6O2. The van der Waals surface area contributed by atoms with E-state index in [-0.39, 0.29) is 5.56 Å². The quantitative estimate of drug-likeness (QED) is 0.438. The van der Waals surface area contributed by atoms with Crippen molar-refractivity contribution in [3.63, 3.8) is 0 Å². The number of hydrogen-bond donors (Lipinski definition) is 1. The van der Waals surface area contributed by atoms with E-state index in [1.807, 2.05) is 69.3 Å². The fourth-order valence-corrected chi connectivity index (χ4v) is 3.76. The lowest BCUT2D eigenvalue weighted by molar-refractivity contribution is 0.236. The van der Waals surface area contributed by atoms with E-state index in [2.05, 4.69) is 27.5 Å². The number of nitrogens with one attached hydrogen (secondary N) is 1. The Balaban J connectivity index is 1.68. The number of tetrazole rings is 1. The highest BCUT2D eigenvalue weighted by Gasteiger charge is 2.22. The first kappa shape index (κ1) is 22.4. The van der Waals surface area contributed by atoms with Crippen molar-refractivity contribution in [3.8, 4) is 11.4 Å². The first-order valence-electron chi connectivity index (χ1n) is 11.1. The lowest BCUT2D eigenvalue weighted by atomic mass is 10.0. The van der Waals surface area contributed by atoms with Crippen LogP contribution < -0.4 is 10.3 Å². The zero-order chi connectivity index (χ0) is 23.4. The number of nitrogens with zero attached hydrogens (tertiary/aromatic N) is 5. The molecule has 0 aliphatic rings. The summed E-state index contributed by atoms with van der Waals surface area (Å²) in [5.41, 5.74) is 4.19. The lowest BCUT2D eigenvalue weighted by Crippen LogP contribution is -2.27. The largest absolute Gasteiger partial charge is 0.478 e. The van der Waals surface area contributed by atoms with E-state index < -0.39 is 6.10 Å². The molecule has 0 amide bonds. The summed E-state index contributed by atoms with van der Waals surface area (Å²) in [7, 11) is 0. The Labute approximate surface area is 192 Å². The minimum Gasteiger partial charge on any atom is -0.478 e. The summed E-state index contributed by atoms with van der Waals surface area (Å²) < 4.78 is 8.00. The maximum Gasteiger partial charge on any atom is 0.261 e. The van der Waals surface area contributed by atoms with Crippen LogP contribution in [0.2, 0.25) is 0 Å². The molecule has 0 fully saturated rings. The van der Waals surface area contributed by atoms with Gasteiger partial charge in [-0.3, -0.25) is 9.36 Å². The van der Waals surface area contributed by atoms with Crippen LogP contribution in [-0.2, 0) is 6.42 Å². The van der Waals surface area contributed by atoms with Crippen LogP contribution in [0.5, 0.6) is 5.75 Å². The molecule has 8 nitrogen and oxygen atoms in total. The van der Waals surface area contributed by atoms with Crippen LogP contribution in [0.3, 0.4) is 0 Å². The van der Waals surface area contributed by atoms with E-state index in [9.17, 15) is 4.79 Å². The van der Waals surface area contributed by atoms with Crippen molar-refractivity contribution in [1.82, 2.24) is 30.2 Å². The summed E-state index contributed by atoms with van der Waals surface area (Å²) in [6.07, 6.45) is 2.24. The topological polar surface area (TPSA) is 98.6 Å². The fraction of sp³-hybridized carbons (Fsp3) is 0.320. The number of unbranched alkanes of at least 4 members (excludes halogenated alkanes) is 1. The molecule has 0 aliphatic carbocycles. The van der Waals surface area contributed by atoms with Crippen LogP contribution in [0.25, 0.3) is 5.69 Å². The summed E-state index contributed by atoms with van der Waals surface area (Å²) in [5.74, 6) is 1.87.